The summed E-state index contributed by atoms with van der Waals surface area (Å²) >= 11 is 0. The van der Waals surface area contributed by atoms with Gasteiger partial charge >= 0.3 is 0 Å². The average molecular weight is 343 g/mol. The maximum Gasteiger partial charge on any atom is 0.251 e. The van der Waals surface area contributed by atoms with E-state index in [0.717, 1.165) is 37.5 Å². The summed E-state index contributed by atoms with van der Waals surface area (Å²) in [4.78, 5) is 28.3. The summed E-state index contributed by atoms with van der Waals surface area (Å²) in [5.41, 5.74) is 1.54. The van der Waals surface area contributed by atoms with Crippen molar-refractivity contribution >= 4 is 17.5 Å². The number of amides is 2. The van der Waals surface area contributed by atoms with Crippen LogP contribution in [0.25, 0.3) is 0 Å². The third-order valence-electron chi connectivity index (χ3n) is 5.19. The van der Waals surface area contributed by atoms with Gasteiger partial charge in [-0.25, -0.2) is 0 Å². The lowest BCUT2D eigenvalue weighted by Crippen LogP contribution is -2.36. The highest BCUT2D eigenvalue weighted by Gasteiger charge is 2.21. The Morgan fingerprint density at radius 2 is 2.00 bits per heavy atom. The number of nitrogens with zero attached hydrogens (tertiary/aromatic N) is 2. The number of rotatable bonds is 6. The van der Waals surface area contributed by atoms with Crippen molar-refractivity contribution in [3.63, 3.8) is 0 Å². The van der Waals surface area contributed by atoms with Gasteiger partial charge in [-0.2, -0.15) is 0 Å². The Kier molecular flexibility index (Phi) is 6.08. The zero-order chi connectivity index (χ0) is 17.6. The predicted octanol–water partition coefficient (Wildman–Crippen LogP) is 2.67. The molecular formula is C20H29N3O2. The molecule has 5 nitrogen and oxygen atoms in total. The van der Waals surface area contributed by atoms with E-state index in [1.54, 1.807) is 4.90 Å². The topological polar surface area (TPSA) is 52.7 Å². The first-order chi connectivity index (χ1) is 12.1. The second-order valence-electron chi connectivity index (χ2n) is 7.35. The summed E-state index contributed by atoms with van der Waals surface area (Å²) < 4.78 is 0. The van der Waals surface area contributed by atoms with Crippen molar-refractivity contribution in [1.29, 1.82) is 0 Å². The number of hydrogen-bond donors (Lipinski definition) is 1. The van der Waals surface area contributed by atoms with Gasteiger partial charge in [-0.05, 0) is 69.0 Å². The number of piperidine rings is 1. The highest BCUT2D eigenvalue weighted by molar-refractivity contribution is 5.97. The standard InChI is InChI=1S/C20H29N3O2/c1-16-5-2-12-22(15-16)13-4-11-21-20(25)17-7-9-18(10-8-17)23-14-3-6-19(23)24/h7-10,16H,2-6,11-15H2,1H3,(H,21,25)/t16-/m1/s1. The van der Waals surface area contributed by atoms with Crippen LogP contribution in [0.2, 0.25) is 0 Å². The molecule has 0 radical (unpaired) electrons. The monoisotopic (exact) mass is 343 g/mol. The van der Waals surface area contributed by atoms with Crippen molar-refractivity contribution in [1.82, 2.24) is 10.2 Å². The first-order valence-corrected chi connectivity index (χ1v) is 9.54. The fourth-order valence-electron chi connectivity index (χ4n) is 3.81. The molecule has 1 atom stereocenters. The van der Waals surface area contributed by atoms with Gasteiger partial charge in [0.15, 0.2) is 0 Å². The maximum absolute atomic E-state index is 12.2. The molecule has 2 heterocycles. The van der Waals surface area contributed by atoms with Gasteiger partial charge in [-0.15, -0.1) is 0 Å². The molecule has 2 aliphatic rings. The van der Waals surface area contributed by atoms with Gasteiger partial charge in [0.05, 0.1) is 0 Å². The van der Waals surface area contributed by atoms with Crippen molar-refractivity contribution in [2.24, 2.45) is 5.92 Å². The molecule has 2 saturated heterocycles. The van der Waals surface area contributed by atoms with Crippen LogP contribution >= 0.6 is 0 Å². The van der Waals surface area contributed by atoms with Gasteiger partial charge in [0.1, 0.15) is 0 Å². The van der Waals surface area contributed by atoms with Crippen LogP contribution in [0, 0.1) is 5.92 Å². The van der Waals surface area contributed by atoms with Crippen molar-refractivity contribution in [3.8, 4) is 0 Å². The lowest BCUT2D eigenvalue weighted by Gasteiger charge is -2.30. The molecule has 0 bridgehead atoms. The molecule has 2 aliphatic heterocycles. The van der Waals surface area contributed by atoms with E-state index in [0.29, 0.717) is 18.5 Å². The number of hydrogen-bond acceptors (Lipinski definition) is 3. The number of nitrogens with one attached hydrogen (secondary N) is 1. The van der Waals surface area contributed by atoms with Crippen LogP contribution in [0.15, 0.2) is 24.3 Å². The van der Waals surface area contributed by atoms with E-state index in [-0.39, 0.29) is 11.8 Å². The van der Waals surface area contributed by atoms with Crippen LogP contribution in [-0.4, -0.2) is 49.4 Å². The van der Waals surface area contributed by atoms with Crippen LogP contribution in [0.5, 0.6) is 0 Å². The molecule has 2 amide bonds. The smallest absolute Gasteiger partial charge is 0.251 e. The van der Waals surface area contributed by atoms with Crippen LogP contribution in [0.3, 0.4) is 0 Å². The van der Waals surface area contributed by atoms with Crippen LogP contribution < -0.4 is 10.2 Å². The van der Waals surface area contributed by atoms with Gasteiger partial charge in [0.25, 0.3) is 5.91 Å². The first kappa shape index (κ1) is 17.9. The van der Waals surface area contributed by atoms with E-state index in [1.165, 1.54) is 25.9 Å². The molecule has 1 aromatic rings. The van der Waals surface area contributed by atoms with E-state index in [1.807, 2.05) is 24.3 Å². The Labute approximate surface area is 150 Å². The number of likely N-dealkylation sites (tertiary alicyclic amines) is 1. The summed E-state index contributed by atoms with van der Waals surface area (Å²) in [6.45, 7) is 7.23. The second-order valence-corrected chi connectivity index (χ2v) is 7.35. The predicted molar refractivity (Wildman–Crippen MR) is 99.8 cm³/mol. The Morgan fingerprint density at radius 1 is 1.20 bits per heavy atom. The van der Waals surface area contributed by atoms with Crippen molar-refractivity contribution < 1.29 is 9.59 Å². The normalized spacial score (nSPS) is 21.6. The minimum atomic E-state index is -0.0358. The molecule has 25 heavy (non-hydrogen) atoms. The van der Waals surface area contributed by atoms with Gasteiger partial charge in [-0.1, -0.05) is 6.92 Å². The summed E-state index contributed by atoms with van der Waals surface area (Å²) in [6, 6.07) is 7.35. The minimum absolute atomic E-state index is 0.0358. The highest BCUT2D eigenvalue weighted by atomic mass is 16.2. The summed E-state index contributed by atoms with van der Waals surface area (Å²) in [7, 11) is 0. The fourth-order valence-corrected chi connectivity index (χ4v) is 3.81. The number of anilines is 1. The molecule has 5 heteroatoms. The lowest BCUT2D eigenvalue weighted by atomic mass is 10.0. The second kappa shape index (κ2) is 8.48. The fraction of sp³-hybridized carbons (Fsp3) is 0.600. The third kappa shape index (κ3) is 4.82. The van der Waals surface area contributed by atoms with E-state index in [4.69, 9.17) is 0 Å². The van der Waals surface area contributed by atoms with Gasteiger partial charge in [-0.3, -0.25) is 9.59 Å². The van der Waals surface area contributed by atoms with Gasteiger partial charge in [0, 0.05) is 37.3 Å². The Hall–Kier alpha value is -1.88. The van der Waals surface area contributed by atoms with Crippen molar-refractivity contribution in [3.05, 3.63) is 29.8 Å². The molecular weight excluding hydrogens is 314 g/mol. The molecule has 3 rings (SSSR count). The molecule has 136 valence electrons. The lowest BCUT2D eigenvalue weighted by molar-refractivity contribution is -0.117. The first-order valence-electron chi connectivity index (χ1n) is 9.54. The number of benzene rings is 1. The molecule has 0 aliphatic carbocycles. The molecule has 1 N–H and O–H groups in total. The zero-order valence-electron chi connectivity index (χ0n) is 15.2. The quantitative estimate of drug-likeness (QED) is 0.808. The van der Waals surface area contributed by atoms with Crippen molar-refractivity contribution in [2.45, 2.75) is 39.0 Å². The molecule has 0 unspecified atom stereocenters. The Morgan fingerprint density at radius 3 is 2.68 bits per heavy atom. The highest BCUT2D eigenvalue weighted by Crippen LogP contribution is 2.21. The summed E-state index contributed by atoms with van der Waals surface area (Å²) in [6.07, 6.45) is 5.15. The van der Waals surface area contributed by atoms with Gasteiger partial charge < -0.3 is 15.1 Å². The molecule has 0 saturated carbocycles. The van der Waals surface area contributed by atoms with E-state index in [9.17, 15) is 9.59 Å². The SMILES string of the molecule is C[C@@H]1CCCN(CCCNC(=O)c2ccc(N3CCCC3=O)cc2)C1. The molecule has 0 aromatic heterocycles. The number of carbonyl (C=O) groups excluding carboxylic acids is 2. The van der Waals surface area contributed by atoms with Crippen LogP contribution in [0.4, 0.5) is 5.69 Å². The summed E-state index contributed by atoms with van der Waals surface area (Å²) in [5, 5.41) is 3.00. The van der Waals surface area contributed by atoms with Crippen molar-refractivity contribution in [2.75, 3.05) is 37.6 Å². The Balaban J connectivity index is 1.41. The Bertz CT molecular complexity index is 599. The molecule has 2 fully saturated rings. The van der Waals surface area contributed by atoms with Crippen LogP contribution in [0.1, 0.15) is 49.4 Å². The third-order valence-corrected chi connectivity index (χ3v) is 5.19. The molecule has 0 spiro atoms. The minimum Gasteiger partial charge on any atom is -0.352 e. The molecule has 1 aromatic carbocycles. The van der Waals surface area contributed by atoms with E-state index >= 15 is 0 Å². The average Bonchev–Trinajstić information content (AvgIpc) is 3.05. The maximum atomic E-state index is 12.2. The van der Waals surface area contributed by atoms with E-state index in [2.05, 4.69) is 17.1 Å². The zero-order valence-corrected chi connectivity index (χ0v) is 15.2. The number of carbonyl (C=O) groups is 2. The van der Waals surface area contributed by atoms with Crippen LogP contribution in [-0.2, 0) is 4.79 Å². The van der Waals surface area contributed by atoms with E-state index < -0.39 is 0 Å². The van der Waals surface area contributed by atoms with Gasteiger partial charge in [0.2, 0.25) is 5.91 Å². The largest absolute Gasteiger partial charge is 0.352 e. The summed E-state index contributed by atoms with van der Waals surface area (Å²) in [5.74, 6) is 0.930.